The smallest absolute Gasteiger partial charge is 0.272 e. The van der Waals surface area contributed by atoms with Crippen molar-refractivity contribution < 1.29 is 29.2 Å². The number of allylic oxidation sites excluding steroid dienone is 2. The maximum Gasteiger partial charge on any atom is 0.272 e. The van der Waals surface area contributed by atoms with Crippen molar-refractivity contribution in [3.05, 3.63) is 78.0 Å². The minimum atomic E-state index is -1.44. The van der Waals surface area contributed by atoms with Crippen LogP contribution in [0.25, 0.3) is 17.3 Å². The average molecular weight is 498 g/mol. The molecular weight excluding hydrogens is 469 g/mol. The molecule has 3 unspecified atom stereocenters. The van der Waals surface area contributed by atoms with E-state index >= 15 is 0 Å². The van der Waals surface area contributed by atoms with Crippen molar-refractivity contribution >= 4 is 12.0 Å². The molecule has 190 valence electrons. The lowest BCUT2D eigenvalue weighted by atomic mass is 9.95. The number of aromatic amines is 1. The van der Waals surface area contributed by atoms with Gasteiger partial charge >= 0.3 is 0 Å². The van der Waals surface area contributed by atoms with Crippen molar-refractivity contribution in [2.45, 2.75) is 37.5 Å². The summed E-state index contributed by atoms with van der Waals surface area (Å²) in [6, 6.07) is 6.32. The van der Waals surface area contributed by atoms with Gasteiger partial charge in [0.25, 0.3) is 5.91 Å². The third-order valence-corrected chi connectivity index (χ3v) is 6.20. The number of aryl methyl sites for hydroxylation is 1. The van der Waals surface area contributed by atoms with Gasteiger partial charge in [-0.25, -0.2) is 9.07 Å². The van der Waals surface area contributed by atoms with Crippen molar-refractivity contribution in [2.24, 2.45) is 0 Å². The second-order valence-corrected chi connectivity index (χ2v) is 8.59. The van der Waals surface area contributed by atoms with Crippen molar-refractivity contribution in [3.8, 4) is 11.3 Å². The lowest BCUT2D eigenvalue weighted by Crippen LogP contribution is -2.61. The molecule has 1 amide bonds. The average Bonchev–Trinajstić information content (AvgIpc) is 3.49. The summed E-state index contributed by atoms with van der Waals surface area (Å²) in [5, 5.41) is 39.9. The molecule has 4 rings (SSSR count). The molecule has 0 radical (unpaired) electrons. The Morgan fingerprint density at radius 3 is 2.81 bits per heavy atom. The fraction of sp³-hybridized carbons (Fsp3) is 0.320. The molecule has 3 aromatic rings. The van der Waals surface area contributed by atoms with Crippen LogP contribution in [0.4, 0.5) is 4.39 Å². The van der Waals surface area contributed by atoms with Crippen LogP contribution in [0.1, 0.15) is 27.8 Å². The highest BCUT2D eigenvalue weighted by Crippen LogP contribution is 2.32. The molecule has 1 fully saturated rings. The first kappa shape index (κ1) is 25.5. The summed E-state index contributed by atoms with van der Waals surface area (Å²) < 4.78 is 20.6. The van der Waals surface area contributed by atoms with Gasteiger partial charge in [0.15, 0.2) is 6.23 Å². The molecule has 1 aliphatic rings. The number of rotatable bonds is 7. The number of amides is 1. The van der Waals surface area contributed by atoms with E-state index in [9.17, 15) is 24.5 Å². The number of hydrogen-bond acceptors (Lipinski definition) is 7. The van der Waals surface area contributed by atoms with Crippen LogP contribution in [0.3, 0.4) is 0 Å². The number of aliphatic hydroxyl groups excluding tert-OH is 3. The SMILES string of the molecule is C=C/C=C\c1cc(C(=O)N(C)[C@@H]2OC(CO)[C@H](O)C(n3cc(-c4cccc(F)c4)nn3)C2O)[nH]c1C. The summed E-state index contributed by atoms with van der Waals surface area (Å²) in [5.41, 5.74) is 2.62. The first-order valence-electron chi connectivity index (χ1n) is 11.3. The Morgan fingerprint density at radius 2 is 2.11 bits per heavy atom. The van der Waals surface area contributed by atoms with E-state index in [4.69, 9.17) is 4.74 Å². The van der Waals surface area contributed by atoms with Crippen LogP contribution in [0.5, 0.6) is 0 Å². The molecule has 1 aromatic carbocycles. The Labute approximate surface area is 206 Å². The van der Waals surface area contributed by atoms with Gasteiger partial charge in [-0.2, -0.15) is 0 Å². The lowest BCUT2D eigenvalue weighted by molar-refractivity contribution is -0.235. The molecule has 0 saturated carbocycles. The summed E-state index contributed by atoms with van der Waals surface area (Å²) >= 11 is 0. The van der Waals surface area contributed by atoms with E-state index in [1.165, 1.54) is 41.0 Å². The van der Waals surface area contributed by atoms with Gasteiger partial charge in [-0.15, -0.1) is 5.10 Å². The molecule has 3 heterocycles. The van der Waals surface area contributed by atoms with E-state index in [1.807, 2.05) is 6.92 Å². The predicted octanol–water partition coefficient (Wildman–Crippen LogP) is 1.67. The standard InChI is InChI=1S/C25H28FN5O5/c1-4-5-7-15-11-18(27-14(15)2)24(35)30(3)25-23(34)21(22(33)20(13-32)36-25)31-12-19(28-29-31)16-8-6-9-17(26)10-16/h4-12,20-23,25,27,32-34H,1,13H2,2-3H3/b7-5-/t20?,21?,22-,23?,25+/m0/s1. The lowest BCUT2D eigenvalue weighted by Gasteiger charge is -2.44. The van der Waals surface area contributed by atoms with Gasteiger partial charge < -0.3 is 29.9 Å². The normalized spacial score (nSPS) is 24.2. The number of carbonyl (C=O) groups is 1. The zero-order valence-electron chi connectivity index (χ0n) is 19.8. The quantitative estimate of drug-likeness (QED) is 0.365. The van der Waals surface area contributed by atoms with Gasteiger partial charge in [0.05, 0.1) is 12.8 Å². The molecule has 1 saturated heterocycles. The number of benzene rings is 1. The van der Waals surface area contributed by atoms with E-state index in [2.05, 4.69) is 21.9 Å². The molecule has 0 aliphatic carbocycles. The molecule has 36 heavy (non-hydrogen) atoms. The van der Waals surface area contributed by atoms with E-state index in [0.29, 0.717) is 11.3 Å². The third-order valence-electron chi connectivity index (χ3n) is 6.20. The maximum absolute atomic E-state index is 13.7. The van der Waals surface area contributed by atoms with Gasteiger partial charge in [0.1, 0.15) is 41.6 Å². The number of H-pyrrole nitrogens is 1. The first-order valence-corrected chi connectivity index (χ1v) is 11.3. The Morgan fingerprint density at radius 1 is 1.33 bits per heavy atom. The van der Waals surface area contributed by atoms with Crippen molar-refractivity contribution in [2.75, 3.05) is 13.7 Å². The number of nitrogens with one attached hydrogen (secondary N) is 1. The third kappa shape index (κ3) is 4.86. The van der Waals surface area contributed by atoms with Crippen molar-refractivity contribution in [3.63, 3.8) is 0 Å². The number of ether oxygens (including phenoxy) is 1. The summed E-state index contributed by atoms with van der Waals surface area (Å²) in [5.74, 6) is -0.914. The number of halogens is 1. The summed E-state index contributed by atoms with van der Waals surface area (Å²) in [6.45, 7) is 4.89. The van der Waals surface area contributed by atoms with Crippen LogP contribution in [-0.4, -0.2) is 84.3 Å². The van der Waals surface area contributed by atoms with E-state index in [0.717, 1.165) is 11.3 Å². The van der Waals surface area contributed by atoms with E-state index in [1.54, 1.807) is 30.4 Å². The Hall–Kier alpha value is -3.64. The number of nitrogens with zero attached hydrogens (tertiary/aromatic N) is 4. The van der Waals surface area contributed by atoms with Gasteiger partial charge in [0, 0.05) is 18.3 Å². The molecule has 11 heteroatoms. The minimum Gasteiger partial charge on any atom is -0.394 e. The van der Waals surface area contributed by atoms with Gasteiger partial charge in [0.2, 0.25) is 0 Å². The first-order chi connectivity index (χ1) is 17.2. The van der Waals surface area contributed by atoms with Gasteiger partial charge in [-0.1, -0.05) is 42.2 Å². The van der Waals surface area contributed by atoms with Crippen LogP contribution in [0.15, 0.2) is 55.3 Å². The number of aliphatic hydroxyl groups is 3. The Bertz CT molecular complexity index is 1270. The highest BCUT2D eigenvalue weighted by atomic mass is 19.1. The second-order valence-electron chi connectivity index (χ2n) is 8.59. The molecule has 4 N–H and O–H groups in total. The molecule has 10 nitrogen and oxygen atoms in total. The molecule has 0 spiro atoms. The fourth-order valence-corrected chi connectivity index (χ4v) is 4.26. The van der Waals surface area contributed by atoms with Crippen LogP contribution < -0.4 is 0 Å². The molecule has 1 aliphatic heterocycles. The van der Waals surface area contributed by atoms with Crippen molar-refractivity contribution in [1.29, 1.82) is 0 Å². The number of hydrogen-bond donors (Lipinski definition) is 4. The molecule has 2 aromatic heterocycles. The molecular formula is C25H28FN5O5. The number of aromatic nitrogens is 4. The zero-order chi connectivity index (χ0) is 26.0. The summed E-state index contributed by atoms with van der Waals surface area (Å²) in [4.78, 5) is 17.5. The van der Waals surface area contributed by atoms with Crippen molar-refractivity contribution in [1.82, 2.24) is 24.9 Å². The Kier molecular flexibility index (Phi) is 7.45. The van der Waals surface area contributed by atoms with Crippen LogP contribution in [0, 0.1) is 12.7 Å². The molecule has 0 bridgehead atoms. The Balaban J connectivity index is 1.61. The minimum absolute atomic E-state index is 0.270. The highest BCUT2D eigenvalue weighted by Gasteiger charge is 2.48. The summed E-state index contributed by atoms with van der Waals surface area (Å²) in [7, 11) is 1.45. The van der Waals surface area contributed by atoms with Gasteiger partial charge in [-0.05, 0) is 30.7 Å². The topological polar surface area (TPSA) is 137 Å². The van der Waals surface area contributed by atoms with E-state index in [-0.39, 0.29) is 5.69 Å². The maximum atomic E-state index is 13.7. The number of likely N-dealkylation sites (N-methyl/N-ethyl adjacent to an activating group) is 1. The second kappa shape index (κ2) is 10.5. The summed E-state index contributed by atoms with van der Waals surface area (Å²) in [6.07, 6.45) is 1.49. The molecule has 5 atom stereocenters. The van der Waals surface area contributed by atoms with Gasteiger partial charge in [-0.3, -0.25) is 4.79 Å². The zero-order valence-corrected chi connectivity index (χ0v) is 19.8. The van der Waals surface area contributed by atoms with E-state index < -0.39 is 48.9 Å². The number of carbonyl (C=O) groups excluding carboxylic acids is 1. The van der Waals surface area contributed by atoms with Crippen LogP contribution in [-0.2, 0) is 4.74 Å². The van der Waals surface area contributed by atoms with Crippen LogP contribution >= 0.6 is 0 Å². The fourth-order valence-electron chi connectivity index (χ4n) is 4.26. The predicted molar refractivity (Wildman–Crippen MR) is 129 cm³/mol. The largest absolute Gasteiger partial charge is 0.394 e. The highest BCUT2D eigenvalue weighted by molar-refractivity contribution is 5.93. The van der Waals surface area contributed by atoms with Crippen LogP contribution in [0.2, 0.25) is 0 Å². The monoisotopic (exact) mass is 497 g/mol.